The third kappa shape index (κ3) is 4.48. The van der Waals surface area contributed by atoms with E-state index in [9.17, 15) is 4.79 Å². The number of amides is 1. The summed E-state index contributed by atoms with van der Waals surface area (Å²) >= 11 is 1.72. The van der Waals surface area contributed by atoms with Gasteiger partial charge in [0.25, 0.3) is 0 Å². The molecule has 0 atom stereocenters. The van der Waals surface area contributed by atoms with E-state index in [4.69, 9.17) is 0 Å². The molecule has 7 nitrogen and oxygen atoms in total. The number of benzene rings is 1. The molecule has 170 valence electrons. The Morgan fingerprint density at radius 1 is 1.15 bits per heavy atom. The molecule has 3 aromatic heterocycles. The summed E-state index contributed by atoms with van der Waals surface area (Å²) in [5.41, 5.74) is 3.51. The van der Waals surface area contributed by atoms with E-state index >= 15 is 0 Å². The molecule has 1 aromatic carbocycles. The molecule has 0 aliphatic carbocycles. The van der Waals surface area contributed by atoms with Crippen molar-refractivity contribution in [2.45, 2.75) is 33.1 Å². The van der Waals surface area contributed by atoms with Gasteiger partial charge in [0.05, 0.1) is 11.1 Å². The van der Waals surface area contributed by atoms with Crippen molar-refractivity contribution in [3.05, 3.63) is 65.1 Å². The molecular formula is C25H28N6OS. The first-order chi connectivity index (χ1) is 16.1. The Kier molecular flexibility index (Phi) is 6.09. The van der Waals surface area contributed by atoms with Crippen LogP contribution in [0.5, 0.6) is 0 Å². The fraction of sp³-hybridized carbons (Fsp3) is 0.360. The smallest absolute Gasteiger partial charge is 0.223 e. The SMILES string of the molecule is Cc1sc2ncnc(N3CCC(C(=O)NCCc4ccc(-n5cccn5)cc4)CC3)c2c1C. The van der Waals surface area contributed by atoms with E-state index in [2.05, 4.69) is 63.4 Å². The molecule has 0 spiro atoms. The van der Waals surface area contributed by atoms with E-state index in [-0.39, 0.29) is 11.8 Å². The van der Waals surface area contributed by atoms with Gasteiger partial charge in [0.15, 0.2) is 0 Å². The lowest BCUT2D eigenvalue weighted by atomic mass is 9.95. The Morgan fingerprint density at radius 2 is 1.94 bits per heavy atom. The number of fused-ring (bicyclic) bond motifs is 1. The Balaban J connectivity index is 1.12. The number of hydrogen-bond acceptors (Lipinski definition) is 6. The predicted molar refractivity (Wildman–Crippen MR) is 132 cm³/mol. The second-order valence-electron chi connectivity index (χ2n) is 8.58. The molecule has 0 saturated carbocycles. The average molecular weight is 461 g/mol. The normalized spacial score (nSPS) is 14.7. The monoisotopic (exact) mass is 460 g/mol. The number of thiophene rings is 1. The summed E-state index contributed by atoms with van der Waals surface area (Å²) in [6.45, 7) is 6.61. The van der Waals surface area contributed by atoms with Crippen LogP contribution in [0.3, 0.4) is 0 Å². The molecule has 1 aliphatic rings. The fourth-order valence-electron chi connectivity index (χ4n) is 4.47. The number of anilines is 1. The molecule has 0 unspecified atom stereocenters. The fourth-order valence-corrected chi connectivity index (χ4v) is 5.46. The number of carbonyl (C=O) groups excluding carboxylic acids is 1. The largest absolute Gasteiger partial charge is 0.356 e. The van der Waals surface area contributed by atoms with Gasteiger partial charge in [-0.2, -0.15) is 5.10 Å². The van der Waals surface area contributed by atoms with Gasteiger partial charge < -0.3 is 10.2 Å². The minimum atomic E-state index is 0.0612. The van der Waals surface area contributed by atoms with E-state index < -0.39 is 0 Å². The van der Waals surface area contributed by atoms with Crippen LogP contribution in [0.25, 0.3) is 15.9 Å². The molecule has 5 rings (SSSR count). The highest BCUT2D eigenvalue weighted by Gasteiger charge is 2.27. The Bertz CT molecular complexity index is 1240. The summed E-state index contributed by atoms with van der Waals surface area (Å²) in [5.74, 6) is 1.24. The lowest BCUT2D eigenvalue weighted by Crippen LogP contribution is -2.41. The molecule has 1 saturated heterocycles. The first-order valence-electron chi connectivity index (χ1n) is 11.4. The van der Waals surface area contributed by atoms with Crippen molar-refractivity contribution in [3.63, 3.8) is 0 Å². The van der Waals surface area contributed by atoms with Gasteiger partial charge in [-0.1, -0.05) is 12.1 Å². The second-order valence-corrected chi connectivity index (χ2v) is 9.78. The van der Waals surface area contributed by atoms with Crippen LogP contribution in [0.1, 0.15) is 28.8 Å². The first-order valence-corrected chi connectivity index (χ1v) is 12.2. The highest BCUT2D eigenvalue weighted by Crippen LogP contribution is 2.35. The molecular weight excluding hydrogens is 432 g/mol. The summed E-state index contributed by atoms with van der Waals surface area (Å²) in [5, 5.41) is 8.56. The molecule has 1 amide bonds. The van der Waals surface area contributed by atoms with Crippen molar-refractivity contribution in [2.75, 3.05) is 24.5 Å². The van der Waals surface area contributed by atoms with Crippen LogP contribution in [-0.4, -0.2) is 45.3 Å². The van der Waals surface area contributed by atoms with E-state index in [1.165, 1.54) is 21.4 Å². The topological polar surface area (TPSA) is 75.9 Å². The number of aryl methyl sites for hydroxylation is 2. The van der Waals surface area contributed by atoms with Crippen LogP contribution in [-0.2, 0) is 11.2 Å². The van der Waals surface area contributed by atoms with Gasteiger partial charge in [-0.15, -0.1) is 11.3 Å². The zero-order valence-corrected chi connectivity index (χ0v) is 19.8. The number of nitrogens with one attached hydrogen (secondary N) is 1. The van der Waals surface area contributed by atoms with Crippen LogP contribution in [0, 0.1) is 19.8 Å². The van der Waals surface area contributed by atoms with Crippen LogP contribution in [0.4, 0.5) is 5.82 Å². The standard InChI is InChI=1S/C25H28N6OS/c1-17-18(2)33-25-22(17)23(27-16-28-25)30-14-9-20(10-15-30)24(32)26-12-8-19-4-6-21(7-5-19)31-13-3-11-29-31/h3-7,11,13,16,20H,8-10,12,14-15H2,1-2H3,(H,26,32). The van der Waals surface area contributed by atoms with E-state index in [0.717, 1.165) is 48.7 Å². The highest BCUT2D eigenvalue weighted by molar-refractivity contribution is 7.18. The summed E-state index contributed by atoms with van der Waals surface area (Å²) in [6.07, 6.45) is 7.87. The molecule has 0 radical (unpaired) electrons. The van der Waals surface area contributed by atoms with Gasteiger partial charge in [0, 0.05) is 42.8 Å². The Hall–Kier alpha value is -3.26. The van der Waals surface area contributed by atoms with Crippen LogP contribution >= 0.6 is 11.3 Å². The van der Waals surface area contributed by atoms with Gasteiger partial charge in [-0.25, -0.2) is 14.6 Å². The lowest BCUT2D eigenvalue weighted by molar-refractivity contribution is -0.125. The average Bonchev–Trinajstić information content (AvgIpc) is 3.48. The summed E-state index contributed by atoms with van der Waals surface area (Å²) < 4.78 is 1.84. The maximum Gasteiger partial charge on any atom is 0.223 e. The number of aromatic nitrogens is 4. The molecule has 1 fully saturated rings. The first kappa shape index (κ1) is 21.6. The number of nitrogens with zero attached hydrogens (tertiary/aromatic N) is 5. The zero-order chi connectivity index (χ0) is 22.8. The lowest BCUT2D eigenvalue weighted by Gasteiger charge is -2.32. The summed E-state index contributed by atoms with van der Waals surface area (Å²) in [4.78, 5) is 26.4. The summed E-state index contributed by atoms with van der Waals surface area (Å²) in [6, 6.07) is 10.2. The number of carbonyl (C=O) groups is 1. The van der Waals surface area contributed by atoms with Crippen LogP contribution in [0.15, 0.2) is 49.1 Å². The van der Waals surface area contributed by atoms with E-state index in [1.54, 1.807) is 23.9 Å². The zero-order valence-electron chi connectivity index (χ0n) is 19.0. The van der Waals surface area contributed by atoms with E-state index in [1.807, 2.05) is 16.9 Å². The highest BCUT2D eigenvalue weighted by atomic mass is 32.1. The van der Waals surface area contributed by atoms with Crippen molar-refractivity contribution in [2.24, 2.45) is 5.92 Å². The molecule has 8 heteroatoms. The number of hydrogen-bond donors (Lipinski definition) is 1. The minimum absolute atomic E-state index is 0.0612. The van der Waals surface area contributed by atoms with Crippen molar-refractivity contribution in [1.82, 2.24) is 25.1 Å². The molecule has 0 bridgehead atoms. The van der Waals surface area contributed by atoms with Crippen LogP contribution < -0.4 is 10.2 Å². The second kappa shape index (κ2) is 9.31. The predicted octanol–water partition coefficient (Wildman–Crippen LogP) is 4.07. The summed E-state index contributed by atoms with van der Waals surface area (Å²) in [7, 11) is 0. The molecule has 1 aliphatic heterocycles. The maximum atomic E-state index is 12.7. The Labute approximate surface area is 197 Å². The molecule has 4 aromatic rings. The third-order valence-electron chi connectivity index (χ3n) is 6.53. The third-order valence-corrected chi connectivity index (χ3v) is 7.64. The van der Waals surface area contributed by atoms with Crippen LogP contribution in [0.2, 0.25) is 0 Å². The Morgan fingerprint density at radius 3 is 2.67 bits per heavy atom. The van der Waals surface area contributed by atoms with Gasteiger partial charge in [0.2, 0.25) is 5.91 Å². The minimum Gasteiger partial charge on any atom is -0.356 e. The number of piperidine rings is 1. The van der Waals surface area contributed by atoms with Gasteiger partial charge in [0.1, 0.15) is 17.0 Å². The van der Waals surface area contributed by atoms with Crippen molar-refractivity contribution < 1.29 is 4.79 Å². The van der Waals surface area contributed by atoms with Gasteiger partial charge in [-0.05, 0) is 62.4 Å². The number of rotatable bonds is 6. The molecule has 1 N–H and O–H groups in total. The van der Waals surface area contributed by atoms with Gasteiger partial charge >= 0.3 is 0 Å². The van der Waals surface area contributed by atoms with Gasteiger partial charge in [-0.3, -0.25) is 4.79 Å². The molecule has 4 heterocycles. The van der Waals surface area contributed by atoms with Crippen molar-refractivity contribution in [1.29, 1.82) is 0 Å². The molecule has 33 heavy (non-hydrogen) atoms. The van der Waals surface area contributed by atoms with E-state index in [0.29, 0.717) is 6.54 Å². The maximum absolute atomic E-state index is 12.7. The van der Waals surface area contributed by atoms with Crippen molar-refractivity contribution >= 4 is 33.3 Å². The quantitative estimate of drug-likeness (QED) is 0.469. The van der Waals surface area contributed by atoms with Crippen molar-refractivity contribution in [3.8, 4) is 5.69 Å².